The van der Waals surface area contributed by atoms with Crippen molar-refractivity contribution in [3.05, 3.63) is 48.7 Å². The van der Waals surface area contributed by atoms with Crippen molar-refractivity contribution >= 4 is 28.8 Å². The van der Waals surface area contributed by atoms with Gasteiger partial charge in [-0.1, -0.05) is 6.07 Å². The number of aromatic nitrogens is 5. The molecule has 2 amide bonds. The van der Waals surface area contributed by atoms with Crippen LogP contribution in [0.25, 0.3) is 28.0 Å². The number of nitrogens with zero attached hydrogens (tertiary/aromatic N) is 7. The highest BCUT2D eigenvalue weighted by atomic mass is 19.4. The van der Waals surface area contributed by atoms with Crippen molar-refractivity contribution < 1.29 is 27.2 Å². The van der Waals surface area contributed by atoms with Gasteiger partial charge in [0.1, 0.15) is 23.9 Å². The maximum Gasteiger partial charge on any atom is 0.408 e. The second-order valence-corrected chi connectivity index (χ2v) is 9.66. The second-order valence-electron chi connectivity index (χ2n) is 9.66. The van der Waals surface area contributed by atoms with Crippen molar-refractivity contribution in [1.29, 1.82) is 0 Å². The quantitative estimate of drug-likeness (QED) is 0.394. The Hall–Kier alpha value is -4.49. The fourth-order valence-corrected chi connectivity index (χ4v) is 5.05. The molecule has 1 aliphatic rings. The predicted octanol–water partition coefficient (Wildman–Crippen LogP) is 3.52. The smallest absolute Gasteiger partial charge is 0.382 e. The van der Waals surface area contributed by atoms with E-state index in [1.54, 1.807) is 19.9 Å². The van der Waals surface area contributed by atoms with Gasteiger partial charge in [0.25, 0.3) is 5.91 Å². The third kappa shape index (κ3) is 4.34. The van der Waals surface area contributed by atoms with Crippen LogP contribution in [0.2, 0.25) is 0 Å². The molecule has 0 atom stereocenters. The Bertz CT molecular complexity index is 1610. The van der Waals surface area contributed by atoms with Crippen LogP contribution in [-0.2, 0) is 16.1 Å². The number of nitrogens with two attached hydrogens (primary N) is 1. The average molecular weight is 545 g/mol. The molecular formula is C25H24F4N8O2. The fraction of sp³-hybridized carbons (Fsp3) is 0.320. The van der Waals surface area contributed by atoms with Gasteiger partial charge in [-0.2, -0.15) is 23.4 Å². The summed E-state index contributed by atoms with van der Waals surface area (Å²) in [6.07, 6.45) is -2.16. The number of anilines is 2. The van der Waals surface area contributed by atoms with Crippen LogP contribution in [0, 0.1) is 5.82 Å². The number of nitrogen functional groups attached to an aromatic ring is 1. The Kier molecular flexibility index (Phi) is 6.07. The van der Waals surface area contributed by atoms with Gasteiger partial charge in [0.15, 0.2) is 11.6 Å². The van der Waals surface area contributed by atoms with Crippen molar-refractivity contribution in [1.82, 2.24) is 29.3 Å². The molecule has 204 valence electrons. The number of halogens is 4. The fourth-order valence-electron chi connectivity index (χ4n) is 5.05. The first-order valence-electron chi connectivity index (χ1n) is 11.9. The van der Waals surface area contributed by atoms with Gasteiger partial charge in [0, 0.05) is 37.3 Å². The maximum absolute atomic E-state index is 16.2. The zero-order chi connectivity index (χ0) is 28.3. The number of fused-ring (bicyclic) bond motifs is 1. The Morgan fingerprint density at radius 3 is 2.54 bits per heavy atom. The number of hydrogen-bond acceptors (Lipinski definition) is 6. The highest BCUT2D eigenvalue weighted by Gasteiger charge is 2.44. The van der Waals surface area contributed by atoms with E-state index in [9.17, 15) is 22.8 Å². The van der Waals surface area contributed by atoms with Gasteiger partial charge in [-0.05, 0) is 38.1 Å². The molecule has 0 aliphatic carbocycles. The minimum atomic E-state index is -4.53. The molecule has 10 nitrogen and oxygen atoms in total. The molecule has 0 spiro atoms. The molecule has 0 radical (unpaired) electrons. The lowest BCUT2D eigenvalue weighted by atomic mass is 9.96. The van der Waals surface area contributed by atoms with Gasteiger partial charge >= 0.3 is 6.18 Å². The average Bonchev–Trinajstić information content (AvgIpc) is 3.45. The van der Waals surface area contributed by atoms with Gasteiger partial charge < -0.3 is 15.5 Å². The van der Waals surface area contributed by atoms with E-state index in [-0.39, 0.29) is 58.5 Å². The standard InChI is InChI=1S/C25H24F4N8O2/c1-14(38)35-10-9-34(23(39)24(35,2)3)18-6-4-5-15(20(18)26)19-11-16(21-22(30)31-13-33-37(19)21)17-7-8-32-36(17)12-25(27,28)29/h4-8,11,13H,9-10,12H2,1-3H3,(H2,30,31,33). The normalized spacial score (nSPS) is 15.8. The van der Waals surface area contributed by atoms with Crippen LogP contribution in [0.15, 0.2) is 42.9 Å². The van der Waals surface area contributed by atoms with E-state index in [1.165, 1.54) is 51.7 Å². The molecule has 14 heteroatoms. The molecular weight excluding hydrogens is 520 g/mol. The summed E-state index contributed by atoms with van der Waals surface area (Å²) in [6, 6.07) is 7.33. The van der Waals surface area contributed by atoms with Gasteiger partial charge in [0.05, 0.1) is 17.1 Å². The number of carbonyl (C=O) groups excluding carboxylic acids is 2. The van der Waals surface area contributed by atoms with Crippen molar-refractivity contribution in [3.8, 4) is 22.5 Å². The molecule has 4 aromatic rings. The molecule has 0 unspecified atom stereocenters. The molecule has 0 saturated carbocycles. The molecule has 39 heavy (non-hydrogen) atoms. The van der Waals surface area contributed by atoms with Crippen LogP contribution in [0.3, 0.4) is 0 Å². The van der Waals surface area contributed by atoms with Gasteiger partial charge in [-0.3, -0.25) is 14.3 Å². The Morgan fingerprint density at radius 1 is 1.10 bits per heavy atom. The molecule has 1 saturated heterocycles. The van der Waals surface area contributed by atoms with Crippen LogP contribution >= 0.6 is 0 Å². The van der Waals surface area contributed by atoms with Crippen LogP contribution in [0.4, 0.5) is 29.1 Å². The van der Waals surface area contributed by atoms with E-state index in [4.69, 9.17) is 5.73 Å². The first-order valence-corrected chi connectivity index (χ1v) is 11.9. The van der Waals surface area contributed by atoms with E-state index in [1.807, 2.05) is 0 Å². The van der Waals surface area contributed by atoms with Crippen LogP contribution in [0.1, 0.15) is 20.8 Å². The summed E-state index contributed by atoms with van der Waals surface area (Å²) in [6.45, 7) is 3.51. The van der Waals surface area contributed by atoms with Gasteiger partial charge in [-0.15, -0.1) is 0 Å². The van der Waals surface area contributed by atoms with Gasteiger partial charge in [-0.25, -0.2) is 13.9 Å². The van der Waals surface area contributed by atoms with Crippen molar-refractivity contribution in [3.63, 3.8) is 0 Å². The minimum absolute atomic E-state index is 0.00517. The van der Waals surface area contributed by atoms with Crippen molar-refractivity contribution in [2.75, 3.05) is 23.7 Å². The molecule has 3 aromatic heterocycles. The summed E-state index contributed by atoms with van der Waals surface area (Å²) >= 11 is 0. The number of alkyl halides is 3. The molecule has 4 heterocycles. The number of hydrogen-bond donors (Lipinski definition) is 1. The second kappa shape index (κ2) is 9.06. The largest absolute Gasteiger partial charge is 0.408 e. The Labute approximate surface area is 219 Å². The van der Waals surface area contributed by atoms with Crippen LogP contribution < -0.4 is 10.6 Å². The zero-order valence-corrected chi connectivity index (χ0v) is 21.2. The minimum Gasteiger partial charge on any atom is -0.382 e. The van der Waals surface area contributed by atoms with Gasteiger partial charge in [0.2, 0.25) is 5.91 Å². The lowest BCUT2D eigenvalue weighted by Crippen LogP contribution is -2.64. The van der Waals surface area contributed by atoms with Crippen molar-refractivity contribution in [2.24, 2.45) is 0 Å². The summed E-state index contributed by atoms with van der Waals surface area (Å²) in [7, 11) is 0. The lowest BCUT2D eigenvalue weighted by Gasteiger charge is -2.45. The van der Waals surface area contributed by atoms with Crippen LogP contribution in [-0.4, -0.2) is 65.9 Å². The maximum atomic E-state index is 16.2. The molecule has 1 aliphatic heterocycles. The van der Waals surface area contributed by atoms with E-state index in [0.717, 1.165) is 11.0 Å². The van der Waals surface area contributed by atoms with E-state index >= 15 is 4.39 Å². The summed E-state index contributed by atoms with van der Waals surface area (Å²) in [4.78, 5) is 32.1. The summed E-state index contributed by atoms with van der Waals surface area (Å²) in [5.41, 5.74) is 5.61. The summed E-state index contributed by atoms with van der Waals surface area (Å²) < 4.78 is 57.8. The monoisotopic (exact) mass is 544 g/mol. The first-order chi connectivity index (χ1) is 18.3. The van der Waals surface area contributed by atoms with E-state index in [0.29, 0.717) is 0 Å². The number of benzene rings is 1. The Balaban J connectivity index is 1.65. The first kappa shape index (κ1) is 26.1. The zero-order valence-electron chi connectivity index (χ0n) is 21.2. The SMILES string of the molecule is CC(=O)N1CCN(c2cccc(-c3cc(-c4ccnn4CC(F)(F)F)c4c(N)ncnn34)c2F)C(=O)C1(C)C. The van der Waals surface area contributed by atoms with Crippen molar-refractivity contribution in [2.45, 2.75) is 39.0 Å². The third-order valence-corrected chi connectivity index (χ3v) is 6.82. The van der Waals surface area contributed by atoms with E-state index in [2.05, 4.69) is 15.2 Å². The van der Waals surface area contributed by atoms with E-state index < -0.39 is 30.0 Å². The molecule has 0 bridgehead atoms. The summed E-state index contributed by atoms with van der Waals surface area (Å²) in [5.74, 6) is -1.50. The predicted molar refractivity (Wildman–Crippen MR) is 134 cm³/mol. The highest BCUT2D eigenvalue weighted by molar-refractivity contribution is 6.03. The highest BCUT2D eigenvalue weighted by Crippen LogP contribution is 2.39. The number of amides is 2. The molecule has 1 aromatic carbocycles. The molecule has 1 fully saturated rings. The lowest BCUT2D eigenvalue weighted by molar-refractivity contribution is -0.145. The molecule has 2 N–H and O–H groups in total. The number of piperazine rings is 1. The number of rotatable bonds is 4. The Morgan fingerprint density at radius 2 is 1.85 bits per heavy atom. The topological polar surface area (TPSA) is 115 Å². The summed E-state index contributed by atoms with van der Waals surface area (Å²) in [5, 5.41) is 7.98. The van der Waals surface area contributed by atoms with Crippen LogP contribution in [0.5, 0.6) is 0 Å². The number of carbonyl (C=O) groups is 2. The third-order valence-electron chi connectivity index (χ3n) is 6.82. The molecule has 5 rings (SSSR count).